The summed E-state index contributed by atoms with van der Waals surface area (Å²) in [5.74, 6) is 0. The Morgan fingerprint density at radius 3 is 2.09 bits per heavy atom. The van der Waals surface area contributed by atoms with Gasteiger partial charge in [-0.25, -0.2) is 0 Å². The van der Waals surface area contributed by atoms with Crippen LogP contribution >= 0.6 is 0 Å². The van der Waals surface area contributed by atoms with Crippen LogP contribution in [0.3, 0.4) is 0 Å². The molecule has 1 aliphatic heterocycles. The molecular formula is C19H30BrN3. The van der Waals surface area contributed by atoms with Crippen molar-refractivity contribution in [1.29, 1.82) is 0 Å². The number of halogens is 1. The standard InChI is InChI=1S/C19H29N3.BrH/c1-2-3-4-5-6-7-8-9-13-16-22-17-19(20-21-22)18-14-11-10-12-15-18;/h10-12,14-15,17H,2-9,13,16H2,1H3;1H. The fraction of sp³-hybridized carbons (Fsp3) is 0.579. The lowest BCUT2D eigenvalue weighted by atomic mass is 10.1. The molecule has 1 heterocycles. The van der Waals surface area contributed by atoms with Crippen LogP contribution in [0.4, 0.5) is 0 Å². The van der Waals surface area contributed by atoms with Crippen molar-refractivity contribution in [2.75, 3.05) is 6.54 Å². The van der Waals surface area contributed by atoms with Crippen molar-refractivity contribution in [1.82, 2.24) is 0 Å². The third kappa shape index (κ3) is 7.89. The summed E-state index contributed by atoms with van der Waals surface area (Å²) in [6.45, 7) is 3.34. The summed E-state index contributed by atoms with van der Waals surface area (Å²) >= 11 is 0. The SMILES string of the molecule is CCCCCCCCCCC[NH+]1C=C(c2ccccc2)N=N1.[Br-]. The molecular weight excluding hydrogens is 350 g/mol. The molecule has 0 radical (unpaired) electrons. The number of quaternary nitrogens is 1. The van der Waals surface area contributed by atoms with E-state index in [1.807, 2.05) is 18.2 Å². The molecule has 23 heavy (non-hydrogen) atoms. The average Bonchev–Trinajstić information content (AvgIpc) is 3.03. The highest BCUT2D eigenvalue weighted by atomic mass is 79.9. The molecule has 1 aromatic rings. The fourth-order valence-corrected chi connectivity index (χ4v) is 2.82. The summed E-state index contributed by atoms with van der Waals surface area (Å²) < 4.78 is 0. The Kier molecular flexibility index (Phi) is 10.8. The van der Waals surface area contributed by atoms with E-state index in [9.17, 15) is 0 Å². The second kappa shape index (κ2) is 12.4. The van der Waals surface area contributed by atoms with Gasteiger partial charge in [-0.05, 0) is 12.8 Å². The first-order valence-electron chi connectivity index (χ1n) is 8.95. The van der Waals surface area contributed by atoms with Crippen molar-refractivity contribution in [3.63, 3.8) is 0 Å². The maximum absolute atomic E-state index is 4.31. The zero-order chi connectivity index (χ0) is 15.5. The molecule has 0 fully saturated rings. The van der Waals surface area contributed by atoms with Crippen LogP contribution in [0.25, 0.3) is 5.70 Å². The van der Waals surface area contributed by atoms with Gasteiger partial charge in [0.25, 0.3) is 0 Å². The molecule has 1 atom stereocenters. The molecule has 0 saturated carbocycles. The second-order valence-electron chi connectivity index (χ2n) is 6.17. The molecule has 0 spiro atoms. The van der Waals surface area contributed by atoms with Gasteiger partial charge in [-0.2, -0.15) is 5.01 Å². The monoisotopic (exact) mass is 379 g/mol. The van der Waals surface area contributed by atoms with E-state index < -0.39 is 0 Å². The summed E-state index contributed by atoms with van der Waals surface area (Å²) in [6.07, 6.45) is 14.4. The Labute approximate surface area is 151 Å². The predicted molar refractivity (Wildman–Crippen MR) is 92.3 cm³/mol. The number of unbranched alkanes of at least 4 members (excludes halogenated alkanes) is 8. The highest BCUT2D eigenvalue weighted by Gasteiger charge is 2.15. The Hall–Kier alpha value is -1.00. The number of hydrogen-bond donors (Lipinski definition) is 1. The molecule has 2 rings (SSSR count). The molecule has 0 aliphatic carbocycles. The summed E-state index contributed by atoms with van der Waals surface area (Å²) in [7, 11) is 0. The lowest BCUT2D eigenvalue weighted by Gasteiger charge is -2.03. The van der Waals surface area contributed by atoms with Crippen molar-refractivity contribution >= 4 is 5.70 Å². The van der Waals surface area contributed by atoms with Crippen LogP contribution in [-0.4, -0.2) is 6.54 Å². The second-order valence-corrected chi connectivity index (χ2v) is 6.17. The van der Waals surface area contributed by atoms with E-state index in [-0.39, 0.29) is 17.0 Å². The molecule has 3 nitrogen and oxygen atoms in total. The number of rotatable bonds is 11. The van der Waals surface area contributed by atoms with Crippen molar-refractivity contribution in [2.24, 2.45) is 10.3 Å². The summed E-state index contributed by atoms with van der Waals surface area (Å²) in [4.78, 5) is 0. The Morgan fingerprint density at radius 1 is 0.826 bits per heavy atom. The van der Waals surface area contributed by atoms with Gasteiger partial charge in [0.2, 0.25) is 0 Å². The Balaban J connectivity index is 0.00000264. The van der Waals surface area contributed by atoms with E-state index in [0.717, 1.165) is 22.8 Å². The van der Waals surface area contributed by atoms with E-state index in [0.29, 0.717) is 0 Å². The van der Waals surface area contributed by atoms with Crippen LogP contribution in [0.2, 0.25) is 0 Å². The molecule has 1 N–H and O–H groups in total. The highest BCUT2D eigenvalue weighted by Crippen LogP contribution is 2.15. The van der Waals surface area contributed by atoms with Gasteiger partial charge in [-0.1, -0.05) is 87.3 Å². The largest absolute Gasteiger partial charge is 1.00 e. The first-order chi connectivity index (χ1) is 10.9. The van der Waals surface area contributed by atoms with Crippen LogP contribution < -0.4 is 22.0 Å². The molecule has 1 aromatic carbocycles. The molecule has 1 unspecified atom stereocenters. The normalized spacial score (nSPS) is 16.2. The minimum absolute atomic E-state index is 0. The Bertz CT molecular complexity index is 471. The third-order valence-electron chi connectivity index (χ3n) is 4.20. The number of nitrogens with one attached hydrogen (secondary N) is 1. The van der Waals surface area contributed by atoms with E-state index >= 15 is 0 Å². The van der Waals surface area contributed by atoms with Gasteiger partial charge in [0.1, 0.15) is 6.54 Å². The van der Waals surface area contributed by atoms with Gasteiger partial charge < -0.3 is 17.0 Å². The average molecular weight is 380 g/mol. The molecule has 128 valence electrons. The summed E-state index contributed by atoms with van der Waals surface area (Å²) in [5, 5.41) is 9.74. The number of nitrogens with zero attached hydrogens (tertiary/aromatic N) is 2. The number of hydrogen-bond acceptors (Lipinski definition) is 2. The molecule has 0 saturated heterocycles. The van der Waals surface area contributed by atoms with E-state index in [1.54, 1.807) is 0 Å². The van der Waals surface area contributed by atoms with Gasteiger partial charge in [0.15, 0.2) is 11.9 Å². The summed E-state index contributed by atoms with van der Waals surface area (Å²) in [5.41, 5.74) is 2.17. The zero-order valence-electron chi connectivity index (χ0n) is 14.3. The topological polar surface area (TPSA) is 29.2 Å². The first kappa shape index (κ1) is 20.0. The smallest absolute Gasteiger partial charge is 0.153 e. The zero-order valence-corrected chi connectivity index (χ0v) is 15.9. The van der Waals surface area contributed by atoms with Crippen molar-refractivity contribution in [3.05, 3.63) is 42.1 Å². The van der Waals surface area contributed by atoms with E-state index in [2.05, 4.69) is 35.6 Å². The van der Waals surface area contributed by atoms with Crippen molar-refractivity contribution in [3.8, 4) is 0 Å². The third-order valence-corrected chi connectivity index (χ3v) is 4.20. The van der Waals surface area contributed by atoms with Gasteiger partial charge in [0.05, 0.1) is 0 Å². The van der Waals surface area contributed by atoms with Gasteiger partial charge in [0, 0.05) is 10.8 Å². The molecule has 4 heteroatoms. The molecule has 0 bridgehead atoms. The lowest BCUT2D eigenvalue weighted by Crippen LogP contribution is -3.01. The molecule has 1 aliphatic rings. The van der Waals surface area contributed by atoms with E-state index in [1.165, 1.54) is 57.8 Å². The van der Waals surface area contributed by atoms with E-state index in [4.69, 9.17) is 0 Å². The minimum Gasteiger partial charge on any atom is -1.00 e. The van der Waals surface area contributed by atoms with Crippen LogP contribution in [0.15, 0.2) is 46.9 Å². The maximum Gasteiger partial charge on any atom is 0.153 e. The molecule has 0 amide bonds. The lowest BCUT2D eigenvalue weighted by molar-refractivity contribution is -0.855. The van der Waals surface area contributed by atoms with Crippen LogP contribution in [0.1, 0.15) is 70.3 Å². The highest BCUT2D eigenvalue weighted by molar-refractivity contribution is 5.63. The van der Waals surface area contributed by atoms with Gasteiger partial charge in [-0.15, -0.1) is 0 Å². The maximum atomic E-state index is 4.31. The molecule has 0 aromatic heterocycles. The van der Waals surface area contributed by atoms with Crippen molar-refractivity contribution in [2.45, 2.75) is 64.7 Å². The van der Waals surface area contributed by atoms with Crippen LogP contribution in [0, 0.1) is 0 Å². The number of benzene rings is 1. The van der Waals surface area contributed by atoms with Crippen LogP contribution in [-0.2, 0) is 0 Å². The first-order valence-corrected chi connectivity index (χ1v) is 8.95. The fourth-order valence-electron chi connectivity index (χ4n) is 2.82. The quantitative estimate of drug-likeness (QED) is 0.568. The van der Waals surface area contributed by atoms with Crippen LogP contribution in [0.5, 0.6) is 0 Å². The van der Waals surface area contributed by atoms with Gasteiger partial charge in [-0.3, -0.25) is 0 Å². The van der Waals surface area contributed by atoms with Gasteiger partial charge >= 0.3 is 0 Å². The Morgan fingerprint density at radius 2 is 1.43 bits per heavy atom. The summed E-state index contributed by atoms with van der Waals surface area (Å²) in [6, 6.07) is 10.3. The predicted octanol–water partition coefficient (Wildman–Crippen LogP) is 1.79. The minimum atomic E-state index is 0. The van der Waals surface area contributed by atoms with Crippen molar-refractivity contribution < 1.29 is 22.0 Å².